The van der Waals surface area contributed by atoms with Crippen molar-refractivity contribution in [2.75, 3.05) is 24.6 Å². The lowest BCUT2D eigenvalue weighted by molar-refractivity contribution is 0.0530. The van der Waals surface area contributed by atoms with Gasteiger partial charge in [-0.2, -0.15) is 0 Å². The number of morpholine rings is 1. The van der Waals surface area contributed by atoms with Gasteiger partial charge in [0.15, 0.2) is 0 Å². The molecule has 2 unspecified atom stereocenters. The molecular formula is C15H23FN2O. The fourth-order valence-electron chi connectivity index (χ4n) is 2.42. The second kappa shape index (κ2) is 6.35. The van der Waals surface area contributed by atoms with Crippen LogP contribution in [0.3, 0.4) is 0 Å². The van der Waals surface area contributed by atoms with Crippen molar-refractivity contribution in [3.8, 4) is 0 Å². The molecule has 1 saturated heterocycles. The average Bonchev–Trinajstić information content (AvgIpc) is 2.38. The fraction of sp³-hybridized carbons (Fsp3) is 0.600. The molecule has 106 valence electrons. The topological polar surface area (TPSA) is 38.5 Å². The molecule has 0 radical (unpaired) electrons. The first-order valence-electron chi connectivity index (χ1n) is 7.00. The van der Waals surface area contributed by atoms with Gasteiger partial charge < -0.3 is 15.4 Å². The van der Waals surface area contributed by atoms with Crippen molar-refractivity contribution >= 4 is 5.69 Å². The van der Waals surface area contributed by atoms with Crippen LogP contribution in [0.25, 0.3) is 0 Å². The summed E-state index contributed by atoms with van der Waals surface area (Å²) in [5, 5.41) is 0. The van der Waals surface area contributed by atoms with Crippen LogP contribution in [0.1, 0.15) is 25.8 Å². The summed E-state index contributed by atoms with van der Waals surface area (Å²) in [6, 6.07) is 5.57. The molecule has 2 rings (SSSR count). The molecule has 1 aliphatic rings. The summed E-state index contributed by atoms with van der Waals surface area (Å²) in [7, 11) is 0. The molecule has 1 aromatic carbocycles. The van der Waals surface area contributed by atoms with Crippen LogP contribution in [0.15, 0.2) is 18.2 Å². The van der Waals surface area contributed by atoms with Crippen LogP contribution in [-0.2, 0) is 11.2 Å². The summed E-state index contributed by atoms with van der Waals surface area (Å²) in [5.74, 6) is -0.157. The maximum atomic E-state index is 14.2. The highest BCUT2D eigenvalue weighted by Gasteiger charge is 2.19. The maximum Gasteiger partial charge on any atom is 0.146 e. The van der Waals surface area contributed by atoms with Crippen molar-refractivity contribution in [2.24, 2.45) is 5.73 Å². The van der Waals surface area contributed by atoms with Gasteiger partial charge in [0.05, 0.1) is 18.4 Å². The molecule has 0 spiro atoms. The van der Waals surface area contributed by atoms with E-state index in [1.165, 1.54) is 0 Å². The van der Waals surface area contributed by atoms with Gasteiger partial charge in [-0.15, -0.1) is 0 Å². The Labute approximate surface area is 114 Å². The molecule has 0 aliphatic carbocycles. The van der Waals surface area contributed by atoms with Crippen molar-refractivity contribution in [3.63, 3.8) is 0 Å². The van der Waals surface area contributed by atoms with E-state index in [2.05, 4.69) is 0 Å². The standard InChI is InChI=1S/C15H23FN2O/c1-3-13(17)8-12-4-5-15(14(16)9-12)18-6-7-19-11(2)10-18/h4-5,9,11,13H,3,6-8,10,17H2,1-2H3. The summed E-state index contributed by atoms with van der Waals surface area (Å²) < 4.78 is 19.7. The highest BCUT2D eigenvalue weighted by atomic mass is 19.1. The summed E-state index contributed by atoms with van der Waals surface area (Å²) in [5.41, 5.74) is 7.54. The first-order valence-corrected chi connectivity index (χ1v) is 7.00. The number of hydrogen-bond acceptors (Lipinski definition) is 3. The minimum absolute atomic E-state index is 0.105. The zero-order valence-corrected chi connectivity index (χ0v) is 11.7. The van der Waals surface area contributed by atoms with Gasteiger partial charge in [0.1, 0.15) is 5.82 Å². The molecule has 0 aromatic heterocycles. The quantitative estimate of drug-likeness (QED) is 0.909. The third-order valence-corrected chi connectivity index (χ3v) is 3.62. The van der Waals surface area contributed by atoms with E-state index in [0.29, 0.717) is 12.3 Å². The number of hydrogen-bond donors (Lipinski definition) is 1. The summed E-state index contributed by atoms with van der Waals surface area (Å²) >= 11 is 0. The van der Waals surface area contributed by atoms with Gasteiger partial charge in [0.25, 0.3) is 0 Å². The Kier molecular flexibility index (Phi) is 4.77. The minimum Gasteiger partial charge on any atom is -0.375 e. The molecular weight excluding hydrogens is 243 g/mol. The van der Waals surface area contributed by atoms with Gasteiger partial charge in [-0.25, -0.2) is 4.39 Å². The first kappa shape index (κ1) is 14.3. The number of nitrogens with two attached hydrogens (primary N) is 1. The molecule has 0 bridgehead atoms. The van der Waals surface area contributed by atoms with Gasteiger partial charge in [0.2, 0.25) is 0 Å². The molecule has 2 N–H and O–H groups in total. The lowest BCUT2D eigenvalue weighted by Crippen LogP contribution is -2.41. The van der Waals surface area contributed by atoms with Gasteiger partial charge in [-0.05, 0) is 37.5 Å². The van der Waals surface area contributed by atoms with Crippen LogP contribution >= 0.6 is 0 Å². The molecule has 19 heavy (non-hydrogen) atoms. The van der Waals surface area contributed by atoms with Crippen molar-refractivity contribution in [2.45, 2.75) is 38.8 Å². The van der Waals surface area contributed by atoms with Gasteiger partial charge in [-0.3, -0.25) is 0 Å². The minimum atomic E-state index is -0.157. The van der Waals surface area contributed by atoms with Crippen LogP contribution < -0.4 is 10.6 Å². The average molecular weight is 266 g/mol. The number of benzene rings is 1. The van der Waals surface area contributed by atoms with Crippen LogP contribution in [0, 0.1) is 5.82 Å². The molecule has 3 nitrogen and oxygen atoms in total. The van der Waals surface area contributed by atoms with E-state index in [0.717, 1.165) is 31.5 Å². The highest BCUT2D eigenvalue weighted by Crippen LogP contribution is 2.23. The Morgan fingerprint density at radius 2 is 2.32 bits per heavy atom. The largest absolute Gasteiger partial charge is 0.375 e. The smallest absolute Gasteiger partial charge is 0.146 e. The lowest BCUT2D eigenvalue weighted by Gasteiger charge is -2.33. The maximum absolute atomic E-state index is 14.2. The number of anilines is 1. The van der Waals surface area contributed by atoms with Crippen molar-refractivity contribution in [3.05, 3.63) is 29.6 Å². The van der Waals surface area contributed by atoms with Crippen molar-refractivity contribution in [1.29, 1.82) is 0 Å². The van der Waals surface area contributed by atoms with Crippen molar-refractivity contribution < 1.29 is 9.13 Å². The van der Waals surface area contributed by atoms with Crippen LogP contribution in [0.5, 0.6) is 0 Å². The Hall–Kier alpha value is -1.13. The molecule has 1 heterocycles. The Balaban J connectivity index is 2.10. The number of ether oxygens (including phenoxy) is 1. The first-order chi connectivity index (χ1) is 9.10. The number of rotatable bonds is 4. The van der Waals surface area contributed by atoms with Crippen LogP contribution in [0.2, 0.25) is 0 Å². The Bertz CT molecular complexity index is 425. The monoisotopic (exact) mass is 266 g/mol. The van der Waals surface area contributed by atoms with E-state index in [-0.39, 0.29) is 18.0 Å². The van der Waals surface area contributed by atoms with Gasteiger partial charge in [-0.1, -0.05) is 13.0 Å². The van der Waals surface area contributed by atoms with Crippen LogP contribution in [0.4, 0.5) is 10.1 Å². The zero-order valence-electron chi connectivity index (χ0n) is 11.7. The number of nitrogens with zero attached hydrogens (tertiary/aromatic N) is 1. The normalized spacial score (nSPS) is 21.5. The van der Waals surface area contributed by atoms with Crippen LogP contribution in [-0.4, -0.2) is 31.8 Å². The Morgan fingerprint density at radius 1 is 1.53 bits per heavy atom. The molecule has 0 amide bonds. The molecule has 1 aromatic rings. The molecule has 0 saturated carbocycles. The molecule has 2 atom stereocenters. The fourth-order valence-corrected chi connectivity index (χ4v) is 2.42. The predicted octanol–water partition coefficient (Wildman–Crippen LogP) is 2.33. The van der Waals surface area contributed by atoms with E-state index >= 15 is 0 Å². The van der Waals surface area contributed by atoms with E-state index < -0.39 is 0 Å². The van der Waals surface area contributed by atoms with E-state index in [4.69, 9.17) is 10.5 Å². The summed E-state index contributed by atoms with van der Waals surface area (Å²) in [6.45, 7) is 6.20. The van der Waals surface area contributed by atoms with E-state index in [1.54, 1.807) is 6.07 Å². The third-order valence-electron chi connectivity index (χ3n) is 3.62. The third kappa shape index (κ3) is 3.67. The molecule has 1 aliphatic heterocycles. The van der Waals surface area contributed by atoms with Gasteiger partial charge >= 0.3 is 0 Å². The Morgan fingerprint density at radius 3 is 2.95 bits per heavy atom. The zero-order chi connectivity index (χ0) is 13.8. The summed E-state index contributed by atoms with van der Waals surface area (Å²) in [4.78, 5) is 2.05. The van der Waals surface area contributed by atoms with Crippen molar-refractivity contribution in [1.82, 2.24) is 0 Å². The predicted molar refractivity (Wildman–Crippen MR) is 76.0 cm³/mol. The van der Waals surface area contributed by atoms with E-state index in [1.807, 2.05) is 30.9 Å². The number of halogens is 1. The highest BCUT2D eigenvalue weighted by molar-refractivity contribution is 5.49. The SMILES string of the molecule is CCC(N)Cc1ccc(N2CCOC(C)C2)c(F)c1. The lowest BCUT2D eigenvalue weighted by atomic mass is 10.0. The molecule has 4 heteroatoms. The van der Waals surface area contributed by atoms with Gasteiger partial charge in [0, 0.05) is 19.1 Å². The molecule has 1 fully saturated rings. The second-order valence-electron chi connectivity index (χ2n) is 5.29. The summed E-state index contributed by atoms with van der Waals surface area (Å²) in [6.07, 6.45) is 1.79. The van der Waals surface area contributed by atoms with E-state index in [9.17, 15) is 4.39 Å². The second-order valence-corrected chi connectivity index (χ2v) is 5.29.